The maximum absolute atomic E-state index is 12.8. The van der Waals surface area contributed by atoms with Crippen LogP contribution in [0.2, 0.25) is 0 Å². The molecular weight excluding hydrogens is 328 g/mol. The normalized spacial score (nSPS) is 19.4. The zero-order chi connectivity index (χ0) is 18.5. The van der Waals surface area contributed by atoms with Gasteiger partial charge in [-0.1, -0.05) is 60.7 Å². The second-order valence-corrected chi connectivity index (χ2v) is 6.34. The first-order chi connectivity index (χ1) is 12.7. The fourth-order valence-electron chi connectivity index (χ4n) is 3.56. The van der Waals surface area contributed by atoms with Crippen molar-refractivity contribution < 1.29 is 14.3 Å². The Balaban J connectivity index is 2.02. The minimum Gasteiger partial charge on any atom is -0.469 e. The lowest BCUT2D eigenvalue weighted by atomic mass is 9.94. The van der Waals surface area contributed by atoms with Crippen LogP contribution in [-0.4, -0.2) is 29.9 Å². The summed E-state index contributed by atoms with van der Waals surface area (Å²) in [5.41, 5.74) is 1.87. The molecule has 3 rings (SSSR count). The molecule has 0 spiro atoms. The molecule has 2 aromatic rings. The molecule has 132 valence electrons. The van der Waals surface area contributed by atoms with E-state index in [2.05, 4.69) is 6.07 Å². The van der Waals surface area contributed by atoms with E-state index in [1.165, 1.54) is 7.11 Å². The third-order valence-corrected chi connectivity index (χ3v) is 4.77. The number of methoxy groups -OCH3 is 1. The minimum absolute atomic E-state index is 0.0628. The van der Waals surface area contributed by atoms with Gasteiger partial charge in [0.15, 0.2) is 0 Å². The SMILES string of the molecule is COC(=O)C[C@@H]1CC(=O)N(C(c2ccccc2)c2ccccc2)[C@@H]1C#N. The van der Waals surface area contributed by atoms with Crippen molar-refractivity contribution in [2.45, 2.75) is 24.9 Å². The summed E-state index contributed by atoms with van der Waals surface area (Å²) < 4.78 is 4.73. The highest BCUT2D eigenvalue weighted by Crippen LogP contribution is 2.38. The van der Waals surface area contributed by atoms with Gasteiger partial charge in [-0.05, 0) is 11.1 Å². The van der Waals surface area contributed by atoms with Crippen LogP contribution in [0.15, 0.2) is 60.7 Å². The van der Waals surface area contributed by atoms with E-state index >= 15 is 0 Å². The molecule has 0 aliphatic carbocycles. The zero-order valence-corrected chi connectivity index (χ0v) is 14.5. The van der Waals surface area contributed by atoms with Gasteiger partial charge >= 0.3 is 5.97 Å². The molecule has 1 amide bonds. The molecule has 0 unspecified atom stereocenters. The van der Waals surface area contributed by atoms with Gasteiger partial charge in [0.25, 0.3) is 0 Å². The highest BCUT2D eigenvalue weighted by Gasteiger charge is 2.45. The van der Waals surface area contributed by atoms with Crippen molar-refractivity contribution in [3.8, 4) is 6.07 Å². The maximum Gasteiger partial charge on any atom is 0.305 e. The van der Waals surface area contributed by atoms with Gasteiger partial charge in [0.2, 0.25) is 5.91 Å². The monoisotopic (exact) mass is 348 g/mol. The van der Waals surface area contributed by atoms with Crippen molar-refractivity contribution in [3.05, 3.63) is 71.8 Å². The molecule has 1 saturated heterocycles. The number of rotatable bonds is 5. The van der Waals surface area contributed by atoms with Crippen LogP contribution in [0.3, 0.4) is 0 Å². The maximum atomic E-state index is 12.8. The van der Waals surface area contributed by atoms with Gasteiger partial charge in [0, 0.05) is 12.3 Å². The molecule has 1 aliphatic heterocycles. The number of carbonyl (C=O) groups excluding carboxylic acids is 2. The molecule has 0 bridgehead atoms. The van der Waals surface area contributed by atoms with Gasteiger partial charge in [-0.25, -0.2) is 0 Å². The van der Waals surface area contributed by atoms with E-state index < -0.39 is 12.0 Å². The zero-order valence-electron chi connectivity index (χ0n) is 14.5. The van der Waals surface area contributed by atoms with Gasteiger partial charge in [0.05, 0.1) is 25.6 Å². The highest BCUT2D eigenvalue weighted by atomic mass is 16.5. The summed E-state index contributed by atoms with van der Waals surface area (Å²) in [6.45, 7) is 0. The van der Waals surface area contributed by atoms with Gasteiger partial charge in [0.1, 0.15) is 6.04 Å². The first-order valence-corrected chi connectivity index (χ1v) is 8.53. The average molecular weight is 348 g/mol. The predicted octanol–water partition coefficient (Wildman–Crippen LogP) is 3.08. The Morgan fingerprint density at radius 1 is 1.15 bits per heavy atom. The van der Waals surface area contributed by atoms with Crippen LogP contribution in [0.25, 0.3) is 0 Å². The summed E-state index contributed by atoms with van der Waals surface area (Å²) in [5.74, 6) is -0.890. The molecular formula is C21H20N2O3. The molecule has 1 heterocycles. The number of amides is 1. The lowest BCUT2D eigenvalue weighted by molar-refractivity contribution is -0.141. The standard InChI is InChI=1S/C21H20N2O3/c1-26-20(25)13-17-12-19(24)23(18(17)14-22)21(15-8-4-2-5-9-15)16-10-6-3-7-11-16/h2-11,17-18,21H,12-13H2,1H3/t17-,18+/m0/s1. The van der Waals surface area contributed by atoms with E-state index in [9.17, 15) is 14.9 Å². The summed E-state index contributed by atoms with van der Waals surface area (Å²) in [5, 5.41) is 9.76. The third-order valence-electron chi connectivity index (χ3n) is 4.77. The number of likely N-dealkylation sites (tertiary alicyclic amines) is 1. The molecule has 1 fully saturated rings. The largest absolute Gasteiger partial charge is 0.469 e. The average Bonchev–Trinajstić information content (AvgIpc) is 2.98. The van der Waals surface area contributed by atoms with Crippen molar-refractivity contribution in [1.82, 2.24) is 4.90 Å². The van der Waals surface area contributed by atoms with Crippen LogP contribution < -0.4 is 0 Å². The third kappa shape index (κ3) is 3.45. The summed E-state index contributed by atoms with van der Waals surface area (Å²) >= 11 is 0. The van der Waals surface area contributed by atoms with E-state index in [1.807, 2.05) is 60.7 Å². The molecule has 2 aromatic carbocycles. The number of esters is 1. The molecule has 5 heteroatoms. The molecule has 26 heavy (non-hydrogen) atoms. The van der Waals surface area contributed by atoms with Crippen molar-refractivity contribution in [1.29, 1.82) is 5.26 Å². The molecule has 0 aromatic heterocycles. The number of benzene rings is 2. The Morgan fingerprint density at radius 2 is 1.69 bits per heavy atom. The quantitative estimate of drug-likeness (QED) is 0.779. The molecule has 1 aliphatic rings. The fraction of sp³-hybridized carbons (Fsp3) is 0.286. The minimum atomic E-state index is -0.674. The smallest absolute Gasteiger partial charge is 0.305 e. The Hall–Kier alpha value is -3.13. The first-order valence-electron chi connectivity index (χ1n) is 8.53. The van der Waals surface area contributed by atoms with Crippen LogP contribution >= 0.6 is 0 Å². The Bertz CT molecular complexity index is 775. The Labute approximate surface area is 152 Å². The summed E-state index contributed by atoms with van der Waals surface area (Å²) in [7, 11) is 1.31. The van der Waals surface area contributed by atoms with Crippen LogP contribution in [0, 0.1) is 17.2 Å². The number of nitriles is 1. The van der Waals surface area contributed by atoms with Gasteiger partial charge in [-0.15, -0.1) is 0 Å². The Kier molecular flexibility index (Phi) is 5.33. The number of hydrogen-bond acceptors (Lipinski definition) is 4. The van der Waals surface area contributed by atoms with Crippen molar-refractivity contribution in [2.24, 2.45) is 5.92 Å². The van der Waals surface area contributed by atoms with Gasteiger partial charge < -0.3 is 9.64 Å². The second kappa shape index (κ2) is 7.83. The van der Waals surface area contributed by atoms with Crippen LogP contribution in [0.1, 0.15) is 30.0 Å². The first kappa shape index (κ1) is 17.7. The molecule has 5 nitrogen and oxygen atoms in total. The summed E-state index contributed by atoms with van der Waals surface area (Å²) in [6.07, 6.45) is 0.233. The van der Waals surface area contributed by atoms with Gasteiger partial charge in [-0.2, -0.15) is 5.26 Å². The lowest BCUT2D eigenvalue weighted by Crippen LogP contribution is -2.38. The van der Waals surface area contributed by atoms with Crippen LogP contribution in [-0.2, 0) is 14.3 Å². The number of carbonyl (C=O) groups is 2. The fourth-order valence-corrected chi connectivity index (χ4v) is 3.56. The van der Waals surface area contributed by atoms with E-state index in [0.29, 0.717) is 0 Å². The predicted molar refractivity (Wildman–Crippen MR) is 95.7 cm³/mol. The summed E-state index contributed by atoms with van der Waals surface area (Å²) in [6, 6.07) is 20.5. The second-order valence-electron chi connectivity index (χ2n) is 6.34. The van der Waals surface area contributed by atoms with Crippen LogP contribution in [0.5, 0.6) is 0 Å². The number of nitrogens with zero attached hydrogens (tertiary/aromatic N) is 2. The molecule has 0 radical (unpaired) electrons. The van der Waals surface area contributed by atoms with E-state index in [-0.39, 0.29) is 30.7 Å². The van der Waals surface area contributed by atoms with Crippen molar-refractivity contribution in [2.75, 3.05) is 7.11 Å². The molecule has 0 N–H and O–H groups in total. The van der Waals surface area contributed by atoms with E-state index in [4.69, 9.17) is 4.74 Å². The molecule has 2 atom stereocenters. The van der Waals surface area contributed by atoms with Crippen molar-refractivity contribution in [3.63, 3.8) is 0 Å². The van der Waals surface area contributed by atoms with Crippen LogP contribution in [0.4, 0.5) is 0 Å². The summed E-state index contributed by atoms with van der Waals surface area (Å²) in [4.78, 5) is 26.1. The number of ether oxygens (including phenoxy) is 1. The van der Waals surface area contributed by atoms with E-state index in [0.717, 1.165) is 11.1 Å². The topological polar surface area (TPSA) is 70.4 Å². The van der Waals surface area contributed by atoms with Gasteiger partial charge in [-0.3, -0.25) is 9.59 Å². The highest BCUT2D eigenvalue weighted by molar-refractivity contribution is 5.82. The number of hydrogen-bond donors (Lipinski definition) is 0. The molecule has 0 saturated carbocycles. The van der Waals surface area contributed by atoms with E-state index in [1.54, 1.807) is 4.90 Å². The van der Waals surface area contributed by atoms with Crippen molar-refractivity contribution >= 4 is 11.9 Å². The Morgan fingerprint density at radius 3 is 2.15 bits per heavy atom. The lowest BCUT2D eigenvalue weighted by Gasteiger charge is -2.32.